The highest BCUT2D eigenvalue weighted by molar-refractivity contribution is 5.99. The molecule has 112 valence electrons. The fourth-order valence-electron chi connectivity index (χ4n) is 2.10. The van der Waals surface area contributed by atoms with E-state index in [1.54, 1.807) is 32.3 Å². The molecule has 0 spiro atoms. The number of carbonyl (C=O) groups excluding carboxylic acids is 2. The van der Waals surface area contributed by atoms with Crippen molar-refractivity contribution < 1.29 is 9.59 Å². The number of hydrogen-bond acceptors (Lipinski definition) is 2. The monoisotopic (exact) mass is 294 g/mol. The topological polar surface area (TPSA) is 58.2 Å². The molecule has 4 nitrogen and oxygen atoms in total. The summed E-state index contributed by atoms with van der Waals surface area (Å²) in [6.45, 7) is 0. The Kier molecular flexibility index (Phi) is 5.09. The van der Waals surface area contributed by atoms with Gasteiger partial charge in [0.2, 0.25) is 5.91 Å². The number of likely N-dealkylation sites (N-methyl/N-ethyl adjacent to an activating group) is 1. The zero-order valence-corrected chi connectivity index (χ0v) is 12.6. The van der Waals surface area contributed by atoms with E-state index in [2.05, 4.69) is 10.6 Å². The van der Waals surface area contributed by atoms with Crippen LogP contribution in [0.1, 0.15) is 21.5 Å². The minimum absolute atomic E-state index is 0.136. The van der Waals surface area contributed by atoms with Crippen LogP contribution in [0.15, 0.2) is 60.7 Å². The van der Waals surface area contributed by atoms with Crippen LogP contribution in [0.25, 0.3) is 5.57 Å². The van der Waals surface area contributed by atoms with Crippen molar-refractivity contribution in [2.45, 2.75) is 0 Å². The molecule has 0 fully saturated rings. The second-order valence-electron chi connectivity index (χ2n) is 4.69. The molecule has 0 aliphatic rings. The maximum atomic E-state index is 11.7. The van der Waals surface area contributed by atoms with Crippen molar-refractivity contribution >= 4 is 17.4 Å². The molecule has 2 aromatic carbocycles. The van der Waals surface area contributed by atoms with E-state index in [0.717, 1.165) is 16.7 Å². The van der Waals surface area contributed by atoms with Crippen molar-refractivity contribution in [3.05, 3.63) is 77.4 Å². The molecule has 2 rings (SSSR count). The Morgan fingerprint density at radius 2 is 1.32 bits per heavy atom. The van der Waals surface area contributed by atoms with Crippen molar-refractivity contribution in [3.8, 4) is 0 Å². The quantitative estimate of drug-likeness (QED) is 0.850. The van der Waals surface area contributed by atoms with Crippen LogP contribution in [0.3, 0.4) is 0 Å². The van der Waals surface area contributed by atoms with Crippen LogP contribution in [0.4, 0.5) is 0 Å². The molecule has 0 aliphatic carbocycles. The van der Waals surface area contributed by atoms with Gasteiger partial charge < -0.3 is 10.6 Å². The number of nitrogens with one attached hydrogen (secondary N) is 2. The molecule has 0 saturated carbocycles. The Labute approximate surface area is 129 Å². The Morgan fingerprint density at radius 1 is 0.773 bits per heavy atom. The zero-order chi connectivity index (χ0) is 15.9. The average Bonchev–Trinajstić information content (AvgIpc) is 2.59. The van der Waals surface area contributed by atoms with E-state index >= 15 is 0 Å². The van der Waals surface area contributed by atoms with Gasteiger partial charge in [0.15, 0.2) is 0 Å². The molecule has 4 heteroatoms. The number of carbonyl (C=O) groups is 2. The predicted octanol–water partition coefficient (Wildman–Crippen LogP) is 2.22. The molecule has 0 saturated heterocycles. The van der Waals surface area contributed by atoms with Gasteiger partial charge in [-0.3, -0.25) is 9.59 Å². The highest BCUT2D eigenvalue weighted by Gasteiger charge is 2.09. The van der Waals surface area contributed by atoms with E-state index in [1.165, 1.54) is 0 Å². The van der Waals surface area contributed by atoms with Gasteiger partial charge in [-0.2, -0.15) is 0 Å². The van der Waals surface area contributed by atoms with Gasteiger partial charge in [-0.25, -0.2) is 0 Å². The summed E-state index contributed by atoms with van der Waals surface area (Å²) in [7, 11) is 3.19. The lowest BCUT2D eigenvalue weighted by Gasteiger charge is -2.09. The van der Waals surface area contributed by atoms with E-state index in [4.69, 9.17) is 0 Å². The maximum absolute atomic E-state index is 11.7. The van der Waals surface area contributed by atoms with Crippen molar-refractivity contribution in [1.82, 2.24) is 10.6 Å². The highest BCUT2D eigenvalue weighted by atomic mass is 16.2. The molecular weight excluding hydrogens is 276 g/mol. The first-order valence-corrected chi connectivity index (χ1v) is 6.97. The molecule has 0 bridgehead atoms. The smallest absolute Gasteiger partial charge is 0.251 e. The molecule has 0 atom stereocenters. The number of hydrogen-bond donors (Lipinski definition) is 2. The number of benzene rings is 2. The van der Waals surface area contributed by atoms with Crippen molar-refractivity contribution in [1.29, 1.82) is 0 Å². The lowest BCUT2D eigenvalue weighted by Crippen LogP contribution is -2.17. The zero-order valence-electron chi connectivity index (χ0n) is 12.6. The van der Waals surface area contributed by atoms with E-state index < -0.39 is 0 Å². The van der Waals surface area contributed by atoms with Crippen LogP contribution < -0.4 is 10.6 Å². The summed E-state index contributed by atoms with van der Waals surface area (Å²) < 4.78 is 0. The molecule has 22 heavy (non-hydrogen) atoms. The van der Waals surface area contributed by atoms with Crippen molar-refractivity contribution in [3.63, 3.8) is 0 Å². The molecule has 2 N–H and O–H groups in total. The third kappa shape index (κ3) is 3.61. The van der Waals surface area contributed by atoms with E-state index in [-0.39, 0.29) is 11.8 Å². The summed E-state index contributed by atoms with van der Waals surface area (Å²) in [5, 5.41) is 5.18. The molecular formula is C18H18N2O2. The van der Waals surface area contributed by atoms with E-state index in [0.29, 0.717) is 5.56 Å². The third-order valence-electron chi connectivity index (χ3n) is 3.29. The van der Waals surface area contributed by atoms with Crippen LogP contribution in [-0.2, 0) is 4.79 Å². The molecule has 0 heterocycles. The second-order valence-corrected chi connectivity index (χ2v) is 4.69. The van der Waals surface area contributed by atoms with Gasteiger partial charge in [0.1, 0.15) is 0 Å². The first-order chi connectivity index (χ1) is 10.7. The molecule has 2 amide bonds. The fourth-order valence-corrected chi connectivity index (χ4v) is 2.10. The van der Waals surface area contributed by atoms with Crippen LogP contribution in [0.2, 0.25) is 0 Å². The summed E-state index contributed by atoms with van der Waals surface area (Å²) in [6, 6.07) is 16.8. The fraction of sp³-hybridized carbons (Fsp3) is 0.111. The maximum Gasteiger partial charge on any atom is 0.251 e. The van der Waals surface area contributed by atoms with Gasteiger partial charge in [0.25, 0.3) is 5.91 Å². The molecule has 2 aromatic rings. The Balaban J connectivity index is 2.44. The van der Waals surface area contributed by atoms with Crippen LogP contribution in [0, 0.1) is 0 Å². The normalized spacial score (nSPS) is 10.9. The van der Waals surface area contributed by atoms with Gasteiger partial charge in [-0.1, -0.05) is 42.5 Å². The number of rotatable bonds is 4. The predicted molar refractivity (Wildman–Crippen MR) is 87.4 cm³/mol. The first-order valence-electron chi connectivity index (χ1n) is 6.97. The number of amides is 2. The van der Waals surface area contributed by atoms with Crippen molar-refractivity contribution in [2.75, 3.05) is 14.1 Å². The van der Waals surface area contributed by atoms with E-state index in [9.17, 15) is 9.59 Å². The van der Waals surface area contributed by atoms with Crippen LogP contribution >= 0.6 is 0 Å². The van der Waals surface area contributed by atoms with Gasteiger partial charge >= 0.3 is 0 Å². The van der Waals surface area contributed by atoms with Gasteiger partial charge in [0, 0.05) is 25.7 Å². The molecule has 0 radical (unpaired) electrons. The lowest BCUT2D eigenvalue weighted by molar-refractivity contribution is -0.116. The first kappa shape index (κ1) is 15.5. The Bertz CT molecular complexity index is 689. The summed E-state index contributed by atoms with van der Waals surface area (Å²) in [4.78, 5) is 23.3. The highest BCUT2D eigenvalue weighted by Crippen LogP contribution is 2.23. The Morgan fingerprint density at radius 3 is 1.86 bits per heavy atom. The lowest BCUT2D eigenvalue weighted by atomic mass is 9.96. The average molecular weight is 294 g/mol. The van der Waals surface area contributed by atoms with Crippen molar-refractivity contribution in [2.24, 2.45) is 0 Å². The summed E-state index contributed by atoms with van der Waals surface area (Å²) in [5.74, 6) is -0.308. The SMILES string of the molecule is CNC(=O)/C=C(/c1ccccc1)c1ccc(C(=O)NC)cc1. The molecule has 0 unspecified atom stereocenters. The molecule has 0 aromatic heterocycles. The largest absolute Gasteiger partial charge is 0.356 e. The summed E-state index contributed by atoms with van der Waals surface area (Å²) in [6.07, 6.45) is 1.56. The van der Waals surface area contributed by atoms with Crippen LogP contribution in [0.5, 0.6) is 0 Å². The Hall–Kier alpha value is -2.88. The van der Waals surface area contributed by atoms with Gasteiger partial charge in [-0.15, -0.1) is 0 Å². The minimum atomic E-state index is -0.172. The van der Waals surface area contributed by atoms with E-state index in [1.807, 2.05) is 42.5 Å². The molecule has 0 aliphatic heterocycles. The van der Waals surface area contributed by atoms with Gasteiger partial charge in [0.05, 0.1) is 0 Å². The summed E-state index contributed by atoms with van der Waals surface area (Å²) >= 11 is 0. The second kappa shape index (κ2) is 7.22. The standard InChI is InChI=1S/C18H18N2O2/c1-19-17(21)12-16(13-6-4-3-5-7-13)14-8-10-15(11-9-14)18(22)20-2/h3-12H,1-2H3,(H,19,21)(H,20,22)/b16-12-. The minimum Gasteiger partial charge on any atom is -0.356 e. The van der Waals surface area contributed by atoms with Crippen LogP contribution in [-0.4, -0.2) is 25.9 Å². The third-order valence-corrected chi connectivity index (χ3v) is 3.29. The van der Waals surface area contributed by atoms with Gasteiger partial charge in [-0.05, 0) is 28.8 Å². The summed E-state index contributed by atoms with van der Waals surface area (Å²) in [5.41, 5.74) is 3.21.